The second-order valence-corrected chi connectivity index (χ2v) is 4.94. The predicted octanol–water partition coefficient (Wildman–Crippen LogP) is 2.09. The van der Waals surface area contributed by atoms with Crippen molar-refractivity contribution in [3.63, 3.8) is 0 Å². The molecule has 0 saturated carbocycles. The summed E-state index contributed by atoms with van der Waals surface area (Å²) in [4.78, 5) is 12.1. The molecule has 2 rings (SSSR count). The van der Waals surface area contributed by atoms with Crippen LogP contribution < -0.4 is 15.4 Å². The maximum Gasteiger partial charge on any atom is 0.255 e. The molecule has 1 aromatic rings. The van der Waals surface area contributed by atoms with Crippen LogP contribution in [0.25, 0.3) is 0 Å². The number of carbonyl (C=O) groups excluding carboxylic acids is 1. The van der Waals surface area contributed by atoms with Crippen LogP contribution >= 0.6 is 23.2 Å². The van der Waals surface area contributed by atoms with Crippen LogP contribution in [-0.2, 0) is 0 Å². The molecule has 4 nitrogen and oxygen atoms in total. The maximum absolute atomic E-state index is 12.1. The van der Waals surface area contributed by atoms with E-state index in [0.29, 0.717) is 21.4 Å². The van der Waals surface area contributed by atoms with E-state index in [0.717, 1.165) is 19.5 Å². The Balaban J connectivity index is 2.20. The second-order valence-electron chi connectivity index (χ2n) is 4.13. The van der Waals surface area contributed by atoms with E-state index in [-0.39, 0.29) is 11.9 Å². The van der Waals surface area contributed by atoms with Gasteiger partial charge in [0.1, 0.15) is 5.75 Å². The van der Waals surface area contributed by atoms with Gasteiger partial charge in [0.2, 0.25) is 0 Å². The summed E-state index contributed by atoms with van der Waals surface area (Å²) in [6.07, 6.45) is 0.926. The van der Waals surface area contributed by atoms with Crippen molar-refractivity contribution in [2.45, 2.75) is 12.5 Å². The molecule has 98 valence electrons. The largest absolute Gasteiger partial charge is 0.496 e. The number of halogens is 2. The molecule has 0 aromatic heterocycles. The van der Waals surface area contributed by atoms with Crippen LogP contribution in [0.15, 0.2) is 12.1 Å². The number of rotatable bonds is 3. The van der Waals surface area contributed by atoms with E-state index in [1.54, 1.807) is 6.07 Å². The van der Waals surface area contributed by atoms with Crippen molar-refractivity contribution in [2.75, 3.05) is 20.2 Å². The van der Waals surface area contributed by atoms with E-state index in [4.69, 9.17) is 27.9 Å². The van der Waals surface area contributed by atoms with Crippen LogP contribution in [0.2, 0.25) is 10.0 Å². The van der Waals surface area contributed by atoms with Gasteiger partial charge in [-0.3, -0.25) is 4.79 Å². The summed E-state index contributed by atoms with van der Waals surface area (Å²) in [7, 11) is 1.49. The normalized spacial score (nSPS) is 18.7. The molecule has 1 aliphatic heterocycles. The molecule has 1 amide bonds. The topological polar surface area (TPSA) is 50.4 Å². The summed E-state index contributed by atoms with van der Waals surface area (Å²) in [5, 5.41) is 6.83. The third-order valence-electron chi connectivity index (χ3n) is 2.88. The Bertz CT molecular complexity index is 460. The SMILES string of the molecule is COc1cc(Cl)c(Cl)cc1C(=O)NC1CCNC1. The van der Waals surface area contributed by atoms with E-state index in [1.165, 1.54) is 13.2 Å². The quantitative estimate of drug-likeness (QED) is 0.896. The Hall–Kier alpha value is -0.970. The first-order valence-electron chi connectivity index (χ1n) is 5.66. The van der Waals surface area contributed by atoms with Gasteiger partial charge < -0.3 is 15.4 Å². The third-order valence-corrected chi connectivity index (χ3v) is 3.60. The first-order valence-corrected chi connectivity index (χ1v) is 6.42. The average molecular weight is 289 g/mol. The van der Waals surface area contributed by atoms with E-state index in [2.05, 4.69) is 10.6 Å². The second kappa shape index (κ2) is 5.78. The Labute approximate surface area is 116 Å². The molecule has 1 aromatic carbocycles. The molecular weight excluding hydrogens is 275 g/mol. The fraction of sp³-hybridized carbons (Fsp3) is 0.417. The van der Waals surface area contributed by atoms with E-state index in [1.807, 2.05) is 0 Å². The van der Waals surface area contributed by atoms with Crippen molar-refractivity contribution >= 4 is 29.1 Å². The molecule has 1 saturated heterocycles. The number of carbonyl (C=O) groups is 1. The van der Waals surface area contributed by atoms with Gasteiger partial charge in [-0.15, -0.1) is 0 Å². The monoisotopic (exact) mass is 288 g/mol. The Morgan fingerprint density at radius 3 is 2.78 bits per heavy atom. The van der Waals surface area contributed by atoms with Crippen molar-refractivity contribution in [1.82, 2.24) is 10.6 Å². The van der Waals surface area contributed by atoms with Gasteiger partial charge in [-0.1, -0.05) is 23.2 Å². The Morgan fingerprint density at radius 1 is 1.44 bits per heavy atom. The molecular formula is C12H14Cl2N2O2. The number of hydrogen-bond donors (Lipinski definition) is 2. The highest BCUT2D eigenvalue weighted by atomic mass is 35.5. The minimum atomic E-state index is -0.195. The molecule has 1 fully saturated rings. The zero-order valence-electron chi connectivity index (χ0n) is 9.93. The predicted molar refractivity (Wildman–Crippen MR) is 71.8 cm³/mol. The van der Waals surface area contributed by atoms with Gasteiger partial charge in [-0.05, 0) is 19.0 Å². The van der Waals surface area contributed by atoms with Crippen LogP contribution in [0, 0.1) is 0 Å². The Morgan fingerprint density at radius 2 is 2.17 bits per heavy atom. The van der Waals surface area contributed by atoms with Gasteiger partial charge in [-0.25, -0.2) is 0 Å². The first-order chi connectivity index (χ1) is 8.61. The van der Waals surface area contributed by atoms with Gasteiger partial charge in [0.25, 0.3) is 5.91 Å². The van der Waals surface area contributed by atoms with Gasteiger partial charge in [0.05, 0.1) is 22.7 Å². The summed E-state index contributed by atoms with van der Waals surface area (Å²) >= 11 is 11.8. The molecule has 1 heterocycles. The number of benzene rings is 1. The smallest absolute Gasteiger partial charge is 0.255 e. The lowest BCUT2D eigenvalue weighted by Crippen LogP contribution is -2.36. The third kappa shape index (κ3) is 2.88. The fourth-order valence-corrected chi connectivity index (χ4v) is 2.23. The number of nitrogens with one attached hydrogen (secondary N) is 2. The van der Waals surface area contributed by atoms with Crippen molar-refractivity contribution in [3.8, 4) is 5.75 Å². The van der Waals surface area contributed by atoms with Gasteiger partial charge in [0.15, 0.2) is 0 Å². The lowest BCUT2D eigenvalue weighted by Gasteiger charge is -2.14. The van der Waals surface area contributed by atoms with Crippen LogP contribution in [0.4, 0.5) is 0 Å². The van der Waals surface area contributed by atoms with Crippen LogP contribution in [-0.4, -0.2) is 32.1 Å². The van der Waals surface area contributed by atoms with Crippen molar-refractivity contribution in [1.29, 1.82) is 0 Å². The highest BCUT2D eigenvalue weighted by Crippen LogP contribution is 2.30. The number of ether oxygens (including phenoxy) is 1. The molecule has 0 aliphatic carbocycles. The number of amides is 1. The highest BCUT2D eigenvalue weighted by molar-refractivity contribution is 6.42. The molecule has 6 heteroatoms. The minimum absolute atomic E-state index is 0.150. The zero-order chi connectivity index (χ0) is 13.1. The van der Waals surface area contributed by atoms with Crippen molar-refractivity contribution < 1.29 is 9.53 Å². The lowest BCUT2D eigenvalue weighted by atomic mass is 10.1. The first kappa shape index (κ1) is 13.5. The lowest BCUT2D eigenvalue weighted by molar-refractivity contribution is 0.0937. The van der Waals surface area contributed by atoms with E-state index in [9.17, 15) is 4.79 Å². The summed E-state index contributed by atoms with van der Waals surface area (Å²) < 4.78 is 5.15. The molecule has 0 bridgehead atoms. The Kier molecular flexibility index (Phi) is 4.32. The average Bonchev–Trinajstić information content (AvgIpc) is 2.84. The minimum Gasteiger partial charge on any atom is -0.496 e. The summed E-state index contributed by atoms with van der Waals surface area (Å²) in [6, 6.07) is 3.23. The molecule has 1 unspecified atom stereocenters. The summed E-state index contributed by atoms with van der Waals surface area (Å²) in [5.41, 5.74) is 0.402. The van der Waals surface area contributed by atoms with Crippen LogP contribution in [0.5, 0.6) is 5.75 Å². The van der Waals surface area contributed by atoms with Gasteiger partial charge in [-0.2, -0.15) is 0 Å². The van der Waals surface area contributed by atoms with Crippen molar-refractivity contribution in [2.24, 2.45) is 0 Å². The van der Waals surface area contributed by atoms with Gasteiger partial charge in [0, 0.05) is 18.7 Å². The van der Waals surface area contributed by atoms with Gasteiger partial charge >= 0.3 is 0 Å². The molecule has 0 spiro atoms. The summed E-state index contributed by atoms with van der Waals surface area (Å²) in [5.74, 6) is 0.229. The molecule has 18 heavy (non-hydrogen) atoms. The van der Waals surface area contributed by atoms with E-state index < -0.39 is 0 Å². The van der Waals surface area contributed by atoms with Crippen molar-refractivity contribution in [3.05, 3.63) is 27.7 Å². The fourth-order valence-electron chi connectivity index (χ4n) is 1.92. The van der Waals surface area contributed by atoms with Crippen LogP contribution in [0.1, 0.15) is 16.8 Å². The standard InChI is InChI=1S/C12H14Cl2N2O2/c1-18-11-5-10(14)9(13)4-8(11)12(17)16-7-2-3-15-6-7/h4-5,7,15H,2-3,6H2,1H3,(H,16,17). The molecule has 2 N–H and O–H groups in total. The highest BCUT2D eigenvalue weighted by Gasteiger charge is 2.20. The molecule has 1 aliphatic rings. The molecule has 0 radical (unpaired) electrons. The van der Waals surface area contributed by atoms with Crippen LogP contribution in [0.3, 0.4) is 0 Å². The maximum atomic E-state index is 12.1. The molecule has 1 atom stereocenters. The number of methoxy groups -OCH3 is 1. The zero-order valence-corrected chi connectivity index (χ0v) is 11.4. The number of hydrogen-bond acceptors (Lipinski definition) is 3. The summed E-state index contributed by atoms with van der Waals surface area (Å²) in [6.45, 7) is 1.71. The van der Waals surface area contributed by atoms with E-state index >= 15 is 0 Å².